The van der Waals surface area contributed by atoms with E-state index >= 15 is 0 Å². The molecular weight excluding hydrogens is 294 g/mol. The molecule has 0 unspecified atom stereocenters. The molecule has 1 aliphatic carbocycles. The third-order valence-corrected chi connectivity index (χ3v) is 4.43. The molecule has 2 rings (SSSR count). The molecule has 0 saturated heterocycles. The van der Waals surface area contributed by atoms with Crippen LogP contribution in [0.1, 0.15) is 32.6 Å². The van der Waals surface area contributed by atoms with Crippen molar-refractivity contribution in [2.75, 3.05) is 32.8 Å². The molecular formula is C18H27NO4. The summed E-state index contributed by atoms with van der Waals surface area (Å²) < 4.78 is 16.1. The topological polar surface area (TPSA) is 56.8 Å². The molecule has 1 amide bonds. The molecule has 5 heteroatoms. The maximum atomic E-state index is 12.7. The Hall–Kier alpha value is -1.59. The van der Waals surface area contributed by atoms with Gasteiger partial charge in [0.05, 0.1) is 6.61 Å². The summed E-state index contributed by atoms with van der Waals surface area (Å²) in [4.78, 5) is 12.7. The van der Waals surface area contributed by atoms with Crippen LogP contribution in [0.5, 0.6) is 5.75 Å². The van der Waals surface area contributed by atoms with E-state index < -0.39 is 5.60 Å². The molecule has 0 bridgehead atoms. The highest BCUT2D eigenvalue weighted by Crippen LogP contribution is 2.35. The van der Waals surface area contributed by atoms with Crippen molar-refractivity contribution in [2.24, 2.45) is 5.92 Å². The Morgan fingerprint density at radius 1 is 1.26 bits per heavy atom. The van der Waals surface area contributed by atoms with Crippen LogP contribution in [0.4, 0.5) is 5.69 Å². The lowest BCUT2D eigenvalue weighted by molar-refractivity contribution is -0.143. The van der Waals surface area contributed by atoms with Gasteiger partial charge in [-0.25, -0.2) is 0 Å². The van der Waals surface area contributed by atoms with Gasteiger partial charge in [0.15, 0.2) is 0 Å². The molecule has 1 aromatic rings. The van der Waals surface area contributed by atoms with Crippen LogP contribution in [-0.4, -0.2) is 38.9 Å². The van der Waals surface area contributed by atoms with Gasteiger partial charge in [-0.1, -0.05) is 13.3 Å². The number of hydrogen-bond acceptors (Lipinski definition) is 4. The summed E-state index contributed by atoms with van der Waals surface area (Å²) in [5, 5.41) is 2.97. The third kappa shape index (κ3) is 4.69. The molecule has 1 N–H and O–H groups in total. The molecule has 0 aromatic heterocycles. The second-order valence-corrected chi connectivity index (χ2v) is 6.22. The first-order chi connectivity index (χ1) is 11.1. The molecule has 128 valence electrons. The Bertz CT molecular complexity index is 502. The molecule has 0 heterocycles. The van der Waals surface area contributed by atoms with Crippen molar-refractivity contribution in [3.8, 4) is 5.75 Å². The summed E-state index contributed by atoms with van der Waals surface area (Å²) in [6.07, 6.45) is 3.73. The predicted octanol–water partition coefficient (Wildman–Crippen LogP) is 3.25. The Morgan fingerprint density at radius 2 is 2.00 bits per heavy atom. The highest BCUT2D eigenvalue weighted by Gasteiger charge is 2.41. The van der Waals surface area contributed by atoms with Gasteiger partial charge in [0.1, 0.15) is 18.0 Å². The fourth-order valence-corrected chi connectivity index (χ4v) is 3.11. The Morgan fingerprint density at radius 3 is 2.61 bits per heavy atom. The van der Waals surface area contributed by atoms with Gasteiger partial charge in [-0.05, 0) is 49.4 Å². The van der Waals surface area contributed by atoms with E-state index in [1.54, 1.807) is 14.2 Å². The number of rotatable bonds is 7. The zero-order valence-electron chi connectivity index (χ0n) is 14.3. The van der Waals surface area contributed by atoms with E-state index in [2.05, 4.69) is 12.2 Å². The first-order valence-corrected chi connectivity index (χ1v) is 8.18. The molecule has 1 aliphatic rings. The number of benzene rings is 1. The van der Waals surface area contributed by atoms with Crippen LogP contribution in [0.25, 0.3) is 0 Å². The summed E-state index contributed by atoms with van der Waals surface area (Å²) in [5.74, 6) is 1.21. The quantitative estimate of drug-likeness (QED) is 0.783. The zero-order chi connectivity index (χ0) is 16.7. The Labute approximate surface area is 138 Å². The van der Waals surface area contributed by atoms with Crippen LogP contribution in [0.3, 0.4) is 0 Å². The molecule has 0 radical (unpaired) electrons. The number of carbonyl (C=O) groups is 1. The molecule has 1 aromatic carbocycles. The summed E-state index contributed by atoms with van der Waals surface area (Å²) >= 11 is 0. The summed E-state index contributed by atoms with van der Waals surface area (Å²) in [5.41, 5.74) is 0.0504. The Balaban J connectivity index is 1.96. The number of carbonyl (C=O) groups excluding carboxylic acids is 1. The van der Waals surface area contributed by atoms with E-state index in [1.165, 1.54) is 0 Å². The minimum Gasteiger partial charge on any atom is -0.491 e. The molecule has 23 heavy (non-hydrogen) atoms. The molecule has 0 aliphatic heterocycles. The number of ether oxygens (including phenoxy) is 3. The van der Waals surface area contributed by atoms with Crippen molar-refractivity contribution < 1.29 is 19.0 Å². The van der Waals surface area contributed by atoms with Crippen molar-refractivity contribution in [1.82, 2.24) is 0 Å². The number of hydrogen-bond donors (Lipinski definition) is 1. The van der Waals surface area contributed by atoms with Crippen molar-refractivity contribution in [2.45, 2.75) is 38.2 Å². The largest absolute Gasteiger partial charge is 0.491 e. The summed E-state index contributed by atoms with van der Waals surface area (Å²) in [7, 11) is 3.27. The fourth-order valence-electron chi connectivity index (χ4n) is 3.11. The smallest absolute Gasteiger partial charge is 0.256 e. The van der Waals surface area contributed by atoms with Gasteiger partial charge in [-0.3, -0.25) is 4.79 Å². The van der Waals surface area contributed by atoms with Gasteiger partial charge in [0, 0.05) is 19.9 Å². The standard InChI is InChI=1S/C18H27NO4/c1-14-5-4-10-18(13-14,22-3)17(20)19-15-6-8-16(9-7-15)23-12-11-21-2/h6-9,14H,4-5,10-13H2,1-3H3,(H,19,20)/t14-,18+/m0/s1. The van der Waals surface area contributed by atoms with Crippen molar-refractivity contribution >= 4 is 11.6 Å². The lowest BCUT2D eigenvalue weighted by Crippen LogP contribution is -2.47. The Kier molecular flexibility index (Phi) is 6.42. The van der Waals surface area contributed by atoms with E-state index in [1.807, 2.05) is 24.3 Å². The third-order valence-electron chi connectivity index (χ3n) is 4.43. The minimum absolute atomic E-state index is 0.0559. The molecule has 1 fully saturated rings. The molecule has 0 spiro atoms. The normalized spacial score (nSPS) is 24.2. The van der Waals surface area contributed by atoms with Crippen LogP contribution in [0.15, 0.2) is 24.3 Å². The van der Waals surface area contributed by atoms with Crippen molar-refractivity contribution in [3.05, 3.63) is 24.3 Å². The SMILES string of the molecule is COCCOc1ccc(NC(=O)[C@@]2(OC)CCC[C@H](C)C2)cc1. The minimum atomic E-state index is -0.703. The second kappa shape index (κ2) is 8.31. The van der Waals surface area contributed by atoms with Gasteiger partial charge in [-0.2, -0.15) is 0 Å². The average Bonchev–Trinajstić information content (AvgIpc) is 2.56. The van der Waals surface area contributed by atoms with Crippen LogP contribution >= 0.6 is 0 Å². The first kappa shape index (κ1) is 17.8. The van der Waals surface area contributed by atoms with E-state index in [0.29, 0.717) is 19.1 Å². The van der Waals surface area contributed by atoms with Gasteiger partial charge in [-0.15, -0.1) is 0 Å². The van der Waals surface area contributed by atoms with Crippen molar-refractivity contribution in [3.63, 3.8) is 0 Å². The summed E-state index contributed by atoms with van der Waals surface area (Å²) in [6, 6.07) is 7.37. The predicted molar refractivity (Wildman–Crippen MR) is 89.8 cm³/mol. The summed E-state index contributed by atoms with van der Waals surface area (Å²) in [6.45, 7) is 3.23. The first-order valence-electron chi connectivity index (χ1n) is 8.18. The molecule has 1 saturated carbocycles. The zero-order valence-corrected chi connectivity index (χ0v) is 14.3. The maximum Gasteiger partial charge on any atom is 0.256 e. The van der Waals surface area contributed by atoms with Gasteiger partial charge < -0.3 is 19.5 Å². The number of nitrogens with one attached hydrogen (secondary N) is 1. The average molecular weight is 321 g/mol. The number of amides is 1. The van der Waals surface area contributed by atoms with E-state index in [4.69, 9.17) is 14.2 Å². The highest BCUT2D eigenvalue weighted by molar-refractivity contribution is 5.97. The van der Waals surface area contributed by atoms with Crippen LogP contribution in [0, 0.1) is 5.92 Å². The lowest BCUT2D eigenvalue weighted by Gasteiger charge is -2.37. The highest BCUT2D eigenvalue weighted by atomic mass is 16.5. The van der Waals surface area contributed by atoms with E-state index in [0.717, 1.165) is 37.1 Å². The number of anilines is 1. The second-order valence-electron chi connectivity index (χ2n) is 6.22. The molecule has 5 nitrogen and oxygen atoms in total. The van der Waals surface area contributed by atoms with Crippen molar-refractivity contribution in [1.29, 1.82) is 0 Å². The monoisotopic (exact) mass is 321 g/mol. The van der Waals surface area contributed by atoms with E-state index in [-0.39, 0.29) is 5.91 Å². The van der Waals surface area contributed by atoms with Crippen LogP contribution < -0.4 is 10.1 Å². The van der Waals surface area contributed by atoms with Gasteiger partial charge in [0.25, 0.3) is 5.91 Å². The molecule has 2 atom stereocenters. The fraction of sp³-hybridized carbons (Fsp3) is 0.611. The maximum absolute atomic E-state index is 12.7. The van der Waals surface area contributed by atoms with Gasteiger partial charge >= 0.3 is 0 Å². The van der Waals surface area contributed by atoms with Gasteiger partial charge in [0.2, 0.25) is 0 Å². The van der Waals surface area contributed by atoms with Crippen LogP contribution in [-0.2, 0) is 14.3 Å². The van der Waals surface area contributed by atoms with E-state index in [9.17, 15) is 4.79 Å². The van der Waals surface area contributed by atoms with Crippen LogP contribution in [0.2, 0.25) is 0 Å². The lowest BCUT2D eigenvalue weighted by atomic mass is 9.78. The number of methoxy groups -OCH3 is 2.